The number of aromatic nitrogens is 4. The fraction of sp³-hybridized carbons (Fsp3) is 0. The third kappa shape index (κ3) is 5.28. The fourth-order valence-electron chi connectivity index (χ4n) is 5.53. The summed E-state index contributed by atoms with van der Waals surface area (Å²) in [5.74, 6) is 2.45. The van der Waals surface area contributed by atoms with Crippen LogP contribution >= 0.6 is 0 Å². The van der Waals surface area contributed by atoms with E-state index in [4.69, 9.17) is 24.4 Å². The van der Waals surface area contributed by atoms with Crippen molar-refractivity contribution in [2.45, 2.75) is 0 Å². The molecule has 0 N–H and O–H groups in total. The summed E-state index contributed by atoms with van der Waals surface area (Å²) in [6, 6.07) is 52.9. The minimum Gasteiger partial charge on any atom is -0.436 e. The van der Waals surface area contributed by atoms with E-state index in [1.807, 2.05) is 115 Å². The maximum Gasteiger partial charge on any atom is 0.227 e. The lowest BCUT2D eigenvalue weighted by Crippen LogP contribution is -2.00. The number of benzene rings is 6. The third-order valence-corrected chi connectivity index (χ3v) is 7.77. The highest BCUT2D eigenvalue weighted by atomic mass is 16.3. The van der Waals surface area contributed by atoms with Crippen molar-refractivity contribution in [1.82, 2.24) is 19.9 Å². The van der Waals surface area contributed by atoms with Gasteiger partial charge in [0.05, 0.1) is 0 Å². The summed E-state index contributed by atoms with van der Waals surface area (Å²) < 4.78 is 6.31. The van der Waals surface area contributed by atoms with Gasteiger partial charge in [-0.05, 0) is 41.0 Å². The van der Waals surface area contributed by atoms with E-state index in [-0.39, 0.29) is 0 Å². The second-order valence-corrected chi connectivity index (χ2v) is 10.7. The van der Waals surface area contributed by atoms with Crippen molar-refractivity contribution < 1.29 is 4.42 Å². The molecule has 5 heteroatoms. The molecule has 0 aliphatic carbocycles. The van der Waals surface area contributed by atoms with Crippen molar-refractivity contribution in [1.29, 1.82) is 0 Å². The van der Waals surface area contributed by atoms with E-state index in [0.717, 1.165) is 55.6 Å². The molecule has 45 heavy (non-hydrogen) atoms. The first-order chi connectivity index (χ1) is 22.3. The lowest BCUT2D eigenvalue weighted by atomic mass is 10.0. The molecule has 0 unspecified atom stereocenters. The number of para-hydroxylation sites is 1. The second-order valence-electron chi connectivity index (χ2n) is 10.7. The topological polar surface area (TPSA) is 64.7 Å². The molecule has 0 amide bonds. The summed E-state index contributed by atoms with van der Waals surface area (Å²) >= 11 is 0. The lowest BCUT2D eigenvalue weighted by Gasteiger charge is -2.09. The number of hydrogen-bond donors (Lipinski definition) is 0. The summed E-state index contributed by atoms with van der Waals surface area (Å²) in [6.45, 7) is 0. The van der Waals surface area contributed by atoms with Crippen LogP contribution in [0.1, 0.15) is 0 Å². The molecule has 5 nitrogen and oxygen atoms in total. The Hall–Kier alpha value is -6.20. The molecular weight excluding hydrogens is 552 g/mol. The Bertz CT molecular complexity index is 2200. The molecule has 8 rings (SSSR count). The van der Waals surface area contributed by atoms with Crippen molar-refractivity contribution in [2.75, 3.05) is 0 Å². The van der Waals surface area contributed by atoms with Gasteiger partial charge in [0.1, 0.15) is 5.52 Å². The van der Waals surface area contributed by atoms with Gasteiger partial charge in [0, 0.05) is 27.8 Å². The fourth-order valence-corrected chi connectivity index (χ4v) is 5.53. The molecule has 212 valence electrons. The lowest BCUT2D eigenvalue weighted by molar-refractivity contribution is 0.620. The Balaban J connectivity index is 1.21. The number of nitrogens with zero attached hydrogens (tertiary/aromatic N) is 4. The van der Waals surface area contributed by atoms with Crippen LogP contribution in [-0.2, 0) is 0 Å². The quantitative estimate of drug-likeness (QED) is 0.196. The van der Waals surface area contributed by atoms with Crippen LogP contribution in [0, 0.1) is 0 Å². The molecule has 2 heterocycles. The zero-order valence-corrected chi connectivity index (χ0v) is 24.2. The second kappa shape index (κ2) is 11.5. The van der Waals surface area contributed by atoms with E-state index < -0.39 is 0 Å². The summed E-state index contributed by atoms with van der Waals surface area (Å²) in [7, 11) is 0. The van der Waals surface area contributed by atoms with Crippen molar-refractivity contribution in [3.8, 4) is 67.9 Å². The van der Waals surface area contributed by atoms with Crippen LogP contribution in [0.2, 0.25) is 0 Å². The molecule has 0 bridgehead atoms. The molecule has 0 aliphatic rings. The van der Waals surface area contributed by atoms with Crippen molar-refractivity contribution >= 4 is 11.1 Å². The number of oxazole rings is 1. The van der Waals surface area contributed by atoms with Gasteiger partial charge in [0.15, 0.2) is 23.1 Å². The standard InChI is InChI=1S/C40H26N4O/c1-4-13-27(14-5-1)30-19-10-22-33(25-30)40-41-36-34(23-12-24-35(36)45-40)31-20-11-21-32(26-31)39-43-37(28-15-6-2-7-16-28)42-38(44-39)29-17-8-3-9-18-29/h1-26H. The van der Waals surface area contributed by atoms with Crippen LogP contribution in [0.5, 0.6) is 0 Å². The summed E-state index contributed by atoms with van der Waals surface area (Å²) in [5.41, 5.74) is 9.47. The molecule has 0 aliphatic heterocycles. The molecule has 0 saturated carbocycles. The van der Waals surface area contributed by atoms with Gasteiger partial charge in [-0.1, -0.05) is 133 Å². The number of fused-ring (bicyclic) bond motifs is 1. The Morgan fingerprint density at radius 2 is 0.800 bits per heavy atom. The van der Waals surface area contributed by atoms with Crippen LogP contribution in [0.3, 0.4) is 0 Å². The van der Waals surface area contributed by atoms with E-state index in [1.54, 1.807) is 0 Å². The van der Waals surface area contributed by atoms with Crippen LogP contribution in [0.4, 0.5) is 0 Å². The molecule has 8 aromatic rings. The van der Waals surface area contributed by atoms with E-state index in [0.29, 0.717) is 23.4 Å². The smallest absolute Gasteiger partial charge is 0.227 e. The molecule has 0 fully saturated rings. The van der Waals surface area contributed by atoms with E-state index in [9.17, 15) is 0 Å². The minimum atomic E-state index is 0.587. The van der Waals surface area contributed by atoms with Crippen LogP contribution < -0.4 is 0 Å². The highest BCUT2D eigenvalue weighted by molar-refractivity contribution is 5.93. The Labute approximate surface area is 260 Å². The van der Waals surface area contributed by atoms with Gasteiger partial charge < -0.3 is 4.42 Å². The highest BCUT2D eigenvalue weighted by Gasteiger charge is 2.16. The van der Waals surface area contributed by atoms with Gasteiger partial charge in [-0.2, -0.15) is 0 Å². The SMILES string of the molecule is c1ccc(-c2cccc(-c3nc4c(-c5cccc(-c6nc(-c7ccccc7)nc(-c7ccccc7)n6)c5)cccc4o3)c2)cc1. The van der Waals surface area contributed by atoms with Gasteiger partial charge in [0.2, 0.25) is 5.89 Å². The monoisotopic (exact) mass is 578 g/mol. The Kier molecular flexibility index (Phi) is 6.74. The van der Waals surface area contributed by atoms with E-state index >= 15 is 0 Å². The molecule has 2 aromatic heterocycles. The Morgan fingerprint density at radius 3 is 1.44 bits per heavy atom. The first kappa shape index (κ1) is 26.4. The summed E-state index contributed by atoms with van der Waals surface area (Å²) in [5, 5.41) is 0. The van der Waals surface area contributed by atoms with E-state index in [1.165, 1.54) is 0 Å². The molecule has 0 saturated heterocycles. The number of hydrogen-bond acceptors (Lipinski definition) is 5. The van der Waals surface area contributed by atoms with Gasteiger partial charge in [-0.25, -0.2) is 19.9 Å². The zero-order chi connectivity index (χ0) is 30.0. The molecular formula is C40H26N4O. The predicted octanol–water partition coefficient (Wildman–Crippen LogP) is 10.0. The largest absolute Gasteiger partial charge is 0.436 e. The van der Waals surface area contributed by atoms with Crippen molar-refractivity contribution in [3.05, 3.63) is 158 Å². The van der Waals surface area contributed by atoms with Gasteiger partial charge in [-0.15, -0.1) is 0 Å². The average Bonchev–Trinajstić information content (AvgIpc) is 3.58. The summed E-state index contributed by atoms with van der Waals surface area (Å²) in [6.07, 6.45) is 0. The van der Waals surface area contributed by atoms with Crippen molar-refractivity contribution in [2.24, 2.45) is 0 Å². The zero-order valence-electron chi connectivity index (χ0n) is 24.2. The van der Waals surface area contributed by atoms with Crippen molar-refractivity contribution in [3.63, 3.8) is 0 Å². The molecule has 0 spiro atoms. The first-order valence-corrected chi connectivity index (χ1v) is 14.8. The normalized spacial score (nSPS) is 11.1. The van der Waals surface area contributed by atoms with Crippen LogP contribution in [0.25, 0.3) is 79.0 Å². The molecule has 0 atom stereocenters. The van der Waals surface area contributed by atoms with Gasteiger partial charge in [0.25, 0.3) is 0 Å². The first-order valence-electron chi connectivity index (χ1n) is 14.8. The average molecular weight is 579 g/mol. The molecule has 6 aromatic carbocycles. The Morgan fingerprint density at radius 1 is 0.333 bits per heavy atom. The van der Waals surface area contributed by atoms with E-state index in [2.05, 4.69) is 42.5 Å². The van der Waals surface area contributed by atoms with Crippen LogP contribution in [-0.4, -0.2) is 19.9 Å². The predicted molar refractivity (Wildman–Crippen MR) is 180 cm³/mol. The minimum absolute atomic E-state index is 0.587. The maximum atomic E-state index is 6.31. The highest BCUT2D eigenvalue weighted by Crippen LogP contribution is 2.35. The number of rotatable bonds is 6. The third-order valence-electron chi connectivity index (χ3n) is 7.77. The summed E-state index contributed by atoms with van der Waals surface area (Å²) in [4.78, 5) is 19.7. The van der Waals surface area contributed by atoms with Crippen LogP contribution in [0.15, 0.2) is 162 Å². The van der Waals surface area contributed by atoms with Gasteiger partial charge >= 0.3 is 0 Å². The molecule has 0 radical (unpaired) electrons. The van der Waals surface area contributed by atoms with Gasteiger partial charge in [-0.3, -0.25) is 0 Å². The maximum absolute atomic E-state index is 6.31.